The van der Waals surface area contributed by atoms with Crippen LogP contribution in [0.25, 0.3) is 0 Å². The molecule has 0 aromatic carbocycles. The number of rotatable bonds is 1. The van der Waals surface area contributed by atoms with Crippen molar-refractivity contribution in [3.8, 4) is 0 Å². The minimum absolute atomic E-state index is 0.275. The zero-order valence-corrected chi connectivity index (χ0v) is 6.72. The number of hydrogen-bond donors (Lipinski definition) is 0. The summed E-state index contributed by atoms with van der Waals surface area (Å²) in [5.74, 6) is 0.606. The highest BCUT2D eigenvalue weighted by Crippen LogP contribution is 2.46. The fourth-order valence-corrected chi connectivity index (χ4v) is 1.32. The number of nitrogens with zero attached hydrogens (tertiary/aromatic N) is 1. The number of carbonyl (C=O) groups excluding carboxylic acids is 1. The number of aliphatic imine (C=N–C) groups is 1. The van der Waals surface area contributed by atoms with Crippen molar-refractivity contribution in [2.45, 2.75) is 33.2 Å². The van der Waals surface area contributed by atoms with Crippen LogP contribution >= 0.6 is 0 Å². The molecule has 0 radical (unpaired) electrons. The molecular weight excluding hydrogens is 126 g/mol. The molecule has 56 valence electrons. The van der Waals surface area contributed by atoms with Crippen molar-refractivity contribution in [2.75, 3.05) is 0 Å². The summed E-state index contributed by atoms with van der Waals surface area (Å²) < 4.78 is 0. The molecule has 0 aliphatic heterocycles. The van der Waals surface area contributed by atoms with Crippen LogP contribution in [-0.2, 0) is 4.79 Å². The van der Waals surface area contributed by atoms with E-state index in [1.54, 1.807) is 6.08 Å². The van der Waals surface area contributed by atoms with Gasteiger partial charge in [0, 0.05) is 0 Å². The van der Waals surface area contributed by atoms with Crippen LogP contribution in [0, 0.1) is 11.3 Å². The van der Waals surface area contributed by atoms with Gasteiger partial charge in [-0.05, 0) is 17.8 Å². The van der Waals surface area contributed by atoms with Crippen molar-refractivity contribution in [3.05, 3.63) is 0 Å². The molecular formula is C8H13NO. The van der Waals surface area contributed by atoms with Crippen molar-refractivity contribution in [3.63, 3.8) is 0 Å². The van der Waals surface area contributed by atoms with Gasteiger partial charge in [0.25, 0.3) is 0 Å². The van der Waals surface area contributed by atoms with Gasteiger partial charge in [0.2, 0.25) is 6.08 Å². The Morgan fingerprint density at radius 2 is 2.10 bits per heavy atom. The molecule has 1 aliphatic rings. The van der Waals surface area contributed by atoms with Crippen molar-refractivity contribution in [2.24, 2.45) is 16.3 Å². The Morgan fingerprint density at radius 1 is 1.50 bits per heavy atom. The molecule has 0 aromatic heterocycles. The van der Waals surface area contributed by atoms with Gasteiger partial charge >= 0.3 is 0 Å². The lowest BCUT2D eigenvalue weighted by atomic mass is 9.90. The molecule has 0 amide bonds. The summed E-state index contributed by atoms with van der Waals surface area (Å²) in [5.41, 5.74) is 0.311. The molecule has 1 saturated carbocycles. The van der Waals surface area contributed by atoms with Crippen molar-refractivity contribution < 1.29 is 4.79 Å². The standard InChI is InChI=1S/C8H13NO/c1-8(2,3)6-4-7(6)9-5-10/h6-7H,4H2,1-3H3. The highest BCUT2D eigenvalue weighted by Gasteiger charge is 2.45. The number of isocyanates is 1. The predicted octanol–water partition coefficient (Wildman–Crippen LogP) is 1.76. The molecule has 0 N–H and O–H groups in total. The maximum atomic E-state index is 9.84. The van der Waals surface area contributed by atoms with E-state index < -0.39 is 0 Å². The summed E-state index contributed by atoms with van der Waals surface area (Å²) in [6.45, 7) is 6.54. The lowest BCUT2D eigenvalue weighted by molar-refractivity contribution is 0.343. The Hall–Kier alpha value is -0.620. The van der Waals surface area contributed by atoms with Crippen molar-refractivity contribution >= 4 is 6.08 Å². The van der Waals surface area contributed by atoms with Crippen LogP contribution in [0.3, 0.4) is 0 Å². The average molecular weight is 139 g/mol. The van der Waals surface area contributed by atoms with Gasteiger partial charge in [-0.2, -0.15) is 0 Å². The molecule has 1 rings (SSSR count). The summed E-state index contributed by atoms with van der Waals surface area (Å²) in [5, 5.41) is 0. The Kier molecular flexibility index (Phi) is 1.65. The quantitative estimate of drug-likeness (QED) is 0.402. The van der Waals surface area contributed by atoms with Crippen LogP contribution in [0.2, 0.25) is 0 Å². The maximum absolute atomic E-state index is 9.84. The maximum Gasteiger partial charge on any atom is 0.235 e. The molecule has 2 atom stereocenters. The molecule has 1 aliphatic carbocycles. The Morgan fingerprint density at radius 3 is 2.40 bits per heavy atom. The molecule has 0 aromatic rings. The van der Waals surface area contributed by atoms with E-state index in [0.717, 1.165) is 6.42 Å². The van der Waals surface area contributed by atoms with Gasteiger partial charge in [0.05, 0.1) is 6.04 Å². The summed E-state index contributed by atoms with van der Waals surface area (Å²) in [7, 11) is 0. The topological polar surface area (TPSA) is 29.4 Å². The van der Waals surface area contributed by atoms with Crippen LogP contribution in [-0.4, -0.2) is 12.1 Å². The van der Waals surface area contributed by atoms with Crippen LogP contribution in [0.15, 0.2) is 4.99 Å². The third-order valence-electron chi connectivity index (χ3n) is 2.09. The fraction of sp³-hybridized carbons (Fsp3) is 0.875. The molecule has 2 heteroatoms. The lowest BCUT2D eigenvalue weighted by Crippen LogP contribution is -2.09. The van der Waals surface area contributed by atoms with Crippen LogP contribution in [0.4, 0.5) is 0 Å². The lowest BCUT2D eigenvalue weighted by Gasteiger charge is -2.16. The summed E-state index contributed by atoms with van der Waals surface area (Å²) in [6, 6.07) is 0.275. The van der Waals surface area contributed by atoms with Crippen molar-refractivity contribution in [1.82, 2.24) is 0 Å². The molecule has 0 spiro atoms. The predicted molar refractivity (Wildman–Crippen MR) is 39.5 cm³/mol. The summed E-state index contributed by atoms with van der Waals surface area (Å²) in [6.07, 6.45) is 2.67. The SMILES string of the molecule is CC(C)(C)C1CC1N=C=O. The largest absolute Gasteiger partial charge is 0.235 e. The molecule has 1 fully saturated rings. The fourth-order valence-electron chi connectivity index (χ4n) is 1.32. The van der Waals surface area contributed by atoms with Gasteiger partial charge in [-0.25, -0.2) is 9.79 Å². The minimum Gasteiger partial charge on any atom is -0.211 e. The summed E-state index contributed by atoms with van der Waals surface area (Å²) in [4.78, 5) is 13.5. The van der Waals surface area contributed by atoms with Crippen LogP contribution < -0.4 is 0 Å². The zero-order valence-electron chi connectivity index (χ0n) is 6.72. The summed E-state index contributed by atoms with van der Waals surface area (Å²) >= 11 is 0. The Labute approximate surface area is 61.3 Å². The average Bonchev–Trinajstić information content (AvgIpc) is 2.44. The normalized spacial score (nSPS) is 31.1. The first-order valence-corrected chi connectivity index (χ1v) is 3.62. The first-order valence-electron chi connectivity index (χ1n) is 3.62. The molecule has 10 heavy (non-hydrogen) atoms. The highest BCUT2D eigenvalue weighted by molar-refractivity contribution is 5.35. The second-order valence-electron chi connectivity index (χ2n) is 4.00. The van der Waals surface area contributed by atoms with E-state index in [1.807, 2.05) is 0 Å². The molecule has 0 heterocycles. The molecule has 0 saturated heterocycles. The Balaban J connectivity index is 2.46. The third-order valence-corrected chi connectivity index (χ3v) is 2.09. The van der Waals surface area contributed by atoms with E-state index in [1.165, 1.54) is 0 Å². The highest BCUT2D eigenvalue weighted by atomic mass is 16.1. The van der Waals surface area contributed by atoms with Gasteiger partial charge in [-0.3, -0.25) is 0 Å². The third kappa shape index (κ3) is 1.45. The van der Waals surface area contributed by atoms with Gasteiger partial charge < -0.3 is 0 Å². The van der Waals surface area contributed by atoms with Gasteiger partial charge in [-0.1, -0.05) is 20.8 Å². The minimum atomic E-state index is 0.275. The zero-order chi connectivity index (χ0) is 7.78. The van der Waals surface area contributed by atoms with E-state index in [0.29, 0.717) is 11.3 Å². The molecule has 0 bridgehead atoms. The first-order chi connectivity index (χ1) is 4.55. The second-order valence-corrected chi connectivity index (χ2v) is 4.00. The van der Waals surface area contributed by atoms with E-state index in [4.69, 9.17) is 0 Å². The van der Waals surface area contributed by atoms with E-state index in [-0.39, 0.29) is 6.04 Å². The van der Waals surface area contributed by atoms with E-state index in [9.17, 15) is 4.79 Å². The van der Waals surface area contributed by atoms with Gasteiger partial charge in [0.15, 0.2) is 0 Å². The number of hydrogen-bond acceptors (Lipinski definition) is 2. The van der Waals surface area contributed by atoms with Crippen molar-refractivity contribution in [1.29, 1.82) is 0 Å². The van der Waals surface area contributed by atoms with E-state index in [2.05, 4.69) is 25.8 Å². The van der Waals surface area contributed by atoms with E-state index >= 15 is 0 Å². The molecule has 2 nitrogen and oxygen atoms in total. The first kappa shape index (κ1) is 7.49. The van der Waals surface area contributed by atoms with Crippen LogP contribution in [0.5, 0.6) is 0 Å². The monoisotopic (exact) mass is 139 g/mol. The Bertz CT molecular complexity index is 174. The smallest absolute Gasteiger partial charge is 0.211 e. The van der Waals surface area contributed by atoms with Crippen LogP contribution in [0.1, 0.15) is 27.2 Å². The van der Waals surface area contributed by atoms with Gasteiger partial charge in [-0.15, -0.1) is 0 Å². The molecule has 2 unspecified atom stereocenters. The second kappa shape index (κ2) is 2.21. The van der Waals surface area contributed by atoms with Gasteiger partial charge in [0.1, 0.15) is 0 Å².